The topological polar surface area (TPSA) is 67.6 Å². The first-order valence-electron chi connectivity index (χ1n) is 6.85. The molecule has 1 amide bonds. The van der Waals surface area contributed by atoms with Crippen molar-refractivity contribution in [1.29, 1.82) is 0 Å². The van der Waals surface area contributed by atoms with Crippen LogP contribution in [0, 0.1) is 0 Å². The van der Waals surface area contributed by atoms with Gasteiger partial charge in [-0.15, -0.1) is 0 Å². The Morgan fingerprint density at radius 1 is 1.45 bits per heavy atom. The molecule has 2 aliphatic rings. The highest BCUT2D eigenvalue weighted by Crippen LogP contribution is 2.30. The molecule has 0 bridgehead atoms. The van der Waals surface area contributed by atoms with E-state index in [0.29, 0.717) is 31.5 Å². The van der Waals surface area contributed by atoms with Gasteiger partial charge in [0.25, 0.3) is 0 Å². The molecule has 1 atom stereocenters. The van der Waals surface area contributed by atoms with Crippen LogP contribution in [0.2, 0.25) is 0 Å². The number of amides is 1. The Morgan fingerprint density at radius 2 is 2.25 bits per heavy atom. The molecule has 1 heterocycles. The highest BCUT2D eigenvalue weighted by atomic mass is 79.9. The molecule has 108 valence electrons. The van der Waals surface area contributed by atoms with E-state index in [4.69, 9.17) is 10.5 Å². The number of ether oxygens (including phenoxy) is 1. The van der Waals surface area contributed by atoms with Crippen LogP contribution in [0.1, 0.15) is 12.8 Å². The highest BCUT2D eigenvalue weighted by molar-refractivity contribution is 9.10. The smallest absolute Gasteiger partial charge is 0.245 e. The number of hydrogen-bond acceptors (Lipinski definition) is 4. The summed E-state index contributed by atoms with van der Waals surface area (Å²) < 4.78 is 6.43. The summed E-state index contributed by atoms with van der Waals surface area (Å²) in [4.78, 5) is 14.4. The molecular weight excluding hydrogens is 322 g/mol. The van der Waals surface area contributed by atoms with Gasteiger partial charge in [-0.25, -0.2) is 0 Å². The summed E-state index contributed by atoms with van der Waals surface area (Å²) in [7, 11) is 0. The third kappa shape index (κ3) is 2.91. The third-order valence-corrected chi connectivity index (χ3v) is 4.15. The Labute approximate surface area is 126 Å². The van der Waals surface area contributed by atoms with E-state index in [2.05, 4.69) is 21.2 Å². The van der Waals surface area contributed by atoms with Gasteiger partial charge in [-0.1, -0.05) is 15.9 Å². The van der Waals surface area contributed by atoms with Gasteiger partial charge in [-0.3, -0.25) is 4.79 Å². The SMILES string of the molecule is Nc1ccc(Br)cc1N1CCOCC1C(=O)NC1CC1. The first kappa shape index (κ1) is 13.7. The first-order valence-corrected chi connectivity index (χ1v) is 7.64. The van der Waals surface area contributed by atoms with Crippen LogP contribution in [0.5, 0.6) is 0 Å². The Bertz CT molecular complexity index is 519. The van der Waals surface area contributed by atoms with Gasteiger partial charge in [0.1, 0.15) is 6.04 Å². The predicted octanol–water partition coefficient (Wildman–Crippen LogP) is 1.52. The average Bonchev–Trinajstić information content (AvgIpc) is 3.25. The van der Waals surface area contributed by atoms with Crippen LogP contribution in [0.15, 0.2) is 22.7 Å². The zero-order chi connectivity index (χ0) is 14.1. The molecule has 1 aromatic rings. The summed E-state index contributed by atoms with van der Waals surface area (Å²) in [6.07, 6.45) is 2.16. The van der Waals surface area contributed by atoms with Crippen molar-refractivity contribution >= 4 is 33.2 Å². The van der Waals surface area contributed by atoms with Crippen molar-refractivity contribution in [3.63, 3.8) is 0 Å². The van der Waals surface area contributed by atoms with Crippen LogP contribution >= 0.6 is 15.9 Å². The number of nitrogen functional groups attached to an aromatic ring is 1. The summed E-state index contributed by atoms with van der Waals surface area (Å²) in [5, 5.41) is 3.04. The zero-order valence-corrected chi connectivity index (χ0v) is 12.7. The number of rotatable bonds is 3. The zero-order valence-electron chi connectivity index (χ0n) is 11.1. The van der Waals surface area contributed by atoms with Crippen LogP contribution in [-0.4, -0.2) is 37.7 Å². The standard InChI is InChI=1S/C14H18BrN3O2/c15-9-1-4-11(16)12(7-9)18-5-6-20-8-13(18)14(19)17-10-2-3-10/h1,4,7,10,13H,2-3,5-6,8,16H2,(H,17,19). The van der Waals surface area contributed by atoms with Gasteiger partial charge in [0.15, 0.2) is 0 Å². The second-order valence-electron chi connectivity index (χ2n) is 5.27. The van der Waals surface area contributed by atoms with Gasteiger partial charge < -0.3 is 20.7 Å². The average molecular weight is 340 g/mol. The lowest BCUT2D eigenvalue weighted by Gasteiger charge is -2.37. The van der Waals surface area contributed by atoms with Crippen molar-refractivity contribution in [2.45, 2.75) is 24.9 Å². The van der Waals surface area contributed by atoms with E-state index in [9.17, 15) is 4.79 Å². The van der Waals surface area contributed by atoms with Gasteiger partial charge in [-0.2, -0.15) is 0 Å². The summed E-state index contributed by atoms with van der Waals surface area (Å²) in [5.41, 5.74) is 7.63. The number of carbonyl (C=O) groups is 1. The molecule has 0 spiro atoms. The Kier molecular flexibility index (Phi) is 3.85. The monoisotopic (exact) mass is 339 g/mol. The van der Waals surface area contributed by atoms with Gasteiger partial charge in [0, 0.05) is 17.1 Å². The van der Waals surface area contributed by atoms with Crippen LogP contribution < -0.4 is 16.0 Å². The molecule has 1 aliphatic heterocycles. The van der Waals surface area contributed by atoms with Crippen molar-refractivity contribution in [2.75, 3.05) is 30.4 Å². The summed E-state index contributed by atoms with van der Waals surface area (Å²) in [6, 6.07) is 5.76. The molecule has 0 aromatic heterocycles. The summed E-state index contributed by atoms with van der Waals surface area (Å²) in [6.45, 7) is 1.69. The molecule has 1 aliphatic carbocycles. The fourth-order valence-corrected chi connectivity index (χ4v) is 2.75. The van der Waals surface area contributed by atoms with E-state index in [0.717, 1.165) is 23.0 Å². The largest absolute Gasteiger partial charge is 0.397 e. The number of carbonyl (C=O) groups excluding carboxylic acids is 1. The minimum Gasteiger partial charge on any atom is -0.397 e. The molecule has 0 radical (unpaired) electrons. The van der Waals surface area contributed by atoms with Crippen LogP contribution in [0.4, 0.5) is 11.4 Å². The fourth-order valence-electron chi connectivity index (χ4n) is 2.40. The number of nitrogens with zero attached hydrogens (tertiary/aromatic N) is 1. The Balaban J connectivity index is 1.83. The van der Waals surface area contributed by atoms with Gasteiger partial charge >= 0.3 is 0 Å². The van der Waals surface area contributed by atoms with Gasteiger partial charge in [-0.05, 0) is 31.0 Å². The minimum atomic E-state index is -0.305. The second-order valence-corrected chi connectivity index (χ2v) is 6.19. The molecule has 1 saturated carbocycles. The molecular formula is C14H18BrN3O2. The van der Waals surface area contributed by atoms with Crippen LogP contribution in [0.25, 0.3) is 0 Å². The number of nitrogens with two attached hydrogens (primary N) is 1. The number of benzene rings is 1. The van der Waals surface area contributed by atoms with E-state index in [1.54, 1.807) is 0 Å². The van der Waals surface area contributed by atoms with E-state index in [1.165, 1.54) is 0 Å². The molecule has 5 nitrogen and oxygen atoms in total. The molecule has 3 N–H and O–H groups in total. The molecule has 1 aromatic carbocycles. The number of nitrogens with one attached hydrogen (secondary N) is 1. The van der Waals surface area contributed by atoms with E-state index < -0.39 is 0 Å². The van der Waals surface area contributed by atoms with E-state index in [-0.39, 0.29) is 11.9 Å². The molecule has 2 fully saturated rings. The van der Waals surface area contributed by atoms with Gasteiger partial charge in [0.2, 0.25) is 5.91 Å². The quantitative estimate of drug-likeness (QED) is 0.819. The Morgan fingerprint density at radius 3 is 3.00 bits per heavy atom. The highest BCUT2D eigenvalue weighted by Gasteiger charge is 2.34. The van der Waals surface area contributed by atoms with Gasteiger partial charge in [0.05, 0.1) is 24.6 Å². The van der Waals surface area contributed by atoms with Crippen molar-refractivity contribution in [1.82, 2.24) is 5.32 Å². The third-order valence-electron chi connectivity index (χ3n) is 3.66. The van der Waals surface area contributed by atoms with Crippen molar-refractivity contribution in [3.05, 3.63) is 22.7 Å². The number of morpholine rings is 1. The maximum absolute atomic E-state index is 12.3. The fraction of sp³-hybridized carbons (Fsp3) is 0.500. The van der Waals surface area contributed by atoms with Crippen molar-refractivity contribution in [2.24, 2.45) is 0 Å². The first-order chi connectivity index (χ1) is 9.65. The normalized spacial score (nSPS) is 22.6. The molecule has 6 heteroatoms. The lowest BCUT2D eigenvalue weighted by Crippen LogP contribution is -2.54. The lowest BCUT2D eigenvalue weighted by atomic mass is 10.1. The van der Waals surface area contributed by atoms with Crippen molar-refractivity contribution < 1.29 is 9.53 Å². The molecule has 1 saturated heterocycles. The minimum absolute atomic E-state index is 0.0339. The van der Waals surface area contributed by atoms with Crippen molar-refractivity contribution in [3.8, 4) is 0 Å². The molecule has 20 heavy (non-hydrogen) atoms. The maximum atomic E-state index is 12.3. The molecule has 1 unspecified atom stereocenters. The van der Waals surface area contributed by atoms with E-state index >= 15 is 0 Å². The summed E-state index contributed by atoms with van der Waals surface area (Å²) >= 11 is 3.46. The number of anilines is 2. The lowest BCUT2D eigenvalue weighted by molar-refractivity contribution is -0.124. The number of hydrogen-bond donors (Lipinski definition) is 2. The number of halogens is 1. The predicted molar refractivity (Wildman–Crippen MR) is 81.7 cm³/mol. The van der Waals surface area contributed by atoms with E-state index in [1.807, 2.05) is 23.1 Å². The second kappa shape index (κ2) is 5.61. The maximum Gasteiger partial charge on any atom is 0.245 e. The molecule has 3 rings (SSSR count). The Hall–Kier alpha value is -1.27. The van der Waals surface area contributed by atoms with Crippen LogP contribution in [-0.2, 0) is 9.53 Å². The summed E-state index contributed by atoms with van der Waals surface area (Å²) in [5.74, 6) is 0.0339. The van der Waals surface area contributed by atoms with Crippen LogP contribution in [0.3, 0.4) is 0 Å².